The van der Waals surface area contributed by atoms with Gasteiger partial charge in [-0.05, 0) is 37.0 Å². The molecule has 1 atom stereocenters. The van der Waals surface area contributed by atoms with Gasteiger partial charge in [-0.3, -0.25) is 4.99 Å². The van der Waals surface area contributed by atoms with E-state index in [0.717, 1.165) is 62.7 Å². The molecule has 1 aliphatic rings. The average molecular weight is 529 g/mol. The van der Waals surface area contributed by atoms with Crippen molar-refractivity contribution in [2.45, 2.75) is 32.6 Å². The molecule has 3 rings (SSSR count). The third-order valence-electron chi connectivity index (χ3n) is 5.37. The van der Waals surface area contributed by atoms with E-state index in [4.69, 9.17) is 9.26 Å². The van der Waals surface area contributed by atoms with Crippen molar-refractivity contribution in [3.05, 3.63) is 35.7 Å². The number of ether oxygens (including phenoxy) is 1. The number of hydrogen-bond donors (Lipinski definition) is 3. The highest BCUT2D eigenvalue weighted by atomic mass is 127. The van der Waals surface area contributed by atoms with E-state index in [2.05, 4.69) is 37.9 Å². The van der Waals surface area contributed by atoms with Crippen molar-refractivity contribution in [3.63, 3.8) is 0 Å². The Morgan fingerprint density at radius 3 is 2.67 bits per heavy atom. The lowest BCUT2D eigenvalue weighted by Crippen LogP contribution is -2.45. The van der Waals surface area contributed by atoms with Gasteiger partial charge in [0.05, 0.1) is 6.61 Å². The van der Waals surface area contributed by atoms with E-state index < -0.39 is 0 Å². The minimum atomic E-state index is -0.00537. The Labute approximate surface area is 194 Å². The first-order valence-corrected chi connectivity index (χ1v) is 10.2. The van der Waals surface area contributed by atoms with Crippen molar-refractivity contribution < 1.29 is 14.4 Å². The first kappa shape index (κ1) is 24.5. The zero-order valence-corrected chi connectivity index (χ0v) is 20.0. The Morgan fingerprint density at radius 1 is 1.27 bits per heavy atom. The number of nitrogens with zero attached hydrogens (tertiary/aromatic N) is 3. The number of aryl methyl sites for hydroxylation is 1. The predicted octanol–water partition coefficient (Wildman–Crippen LogP) is 2.41. The summed E-state index contributed by atoms with van der Waals surface area (Å²) >= 11 is 0. The molecule has 166 valence electrons. The molecule has 30 heavy (non-hydrogen) atoms. The molecule has 1 aromatic carbocycles. The van der Waals surface area contributed by atoms with Crippen molar-refractivity contribution in [1.29, 1.82) is 0 Å². The summed E-state index contributed by atoms with van der Waals surface area (Å²) in [7, 11) is 1.77. The highest BCUT2D eigenvalue weighted by molar-refractivity contribution is 14.0. The first-order chi connectivity index (χ1) is 14.2. The molecule has 8 nitrogen and oxygen atoms in total. The number of nitrogens with one attached hydrogen (secondary N) is 2. The number of hydrogen-bond acceptors (Lipinski definition) is 6. The van der Waals surface area contributed by atoms with Crippen LogP contribution in [-0.4, -0.2) is 61.2 Å². The molecular formula is C21H32IN5O3. The van der Waals surface area contributed by atoms with Crippen LogP contribution < -0.4 is 10.6 Å². The Bertz CT molecular complexity index is 788. The van der Waals surface area contributed by atoms with Gasteiger partial charge in [0.15, 0.2) is 11.8 Å². The van der Waals surface area contributed by atoms with Gasteiger partial charge in [0.1, 0.15) is 0 Å². The number of benzene rings is 1. The number of rotatable bonds is 9. The Kier molecular flexibility index (Phi) is 9.99. The van der Waals surface area contributed by atoms with Crippen molar-refractivity contribution in [2.75, 3.05) is 40.0 Å². The fourth-order valence-electron chi connectivity index (χ4n) is 3.46. The molecule has 0 spiro atoms. The molecule has 1 unspecified atom stereocenters. The topological polar surface area (TPSA) is 105 Å². The molecular weight excluding hydrogens is 497 g/mol. The van der Waals surface area contributed by atoms with Gasteiger partial charge < -0.3 is 25.0 Å². The van der Waals surface area contributed by atoms with Crippen molar-refractivity contribution in [2.24, 2.45) is 10.4 Å². The second-order valence-corrected chi connectivity index (χ2v) is 7.44. The molecule has 9 heteroatoms. The number of guanidine groups is 1. The number of aliphatic hydroxyl groups is 1. The largest absolute Gasteiger partial charge is 0.396 e. The number of aromatic nitrogens is 2. The Morgan fingerprint density at radius 2 is 2.07 bits per heavy atom. The molecule has 0 amide bonds. The summed E-state index contributed by atoms with van der Waals surface area (Å²) in [6, 6.07) is 8.17. The van der Waals surface area contributed by atoms with Crippen LogP contribution in [0.5, 0.6) is 0 Å². The maximum Gasteiger partial charge on any atom is 0.257 e. The second-order valence-electron chi connectivity index (χ2n) is 7.44. The van der Waals surface area contributed by atoms with Gasteiger partial charge in [0, 0.05) is 50.8 Å². The molecule has 0 radical (unpaired) electrons. The highest BCUT2D eigenvalue weighted by Gasteiger charge is 2.34. The fraction of sp³-hybridized carbons (Fsp3) is 0.571. The van der Waals surface area contributed by atoms with Crippen molar-refractivity contribution in [3.8, 4) is 11.5 Å². The molecule has 0 saturated carbocycles. The Hall–Kier alpha value is -1.72. The lowest BCUT2D eigenvalue weighted by atomic mass is 9.84. The van der Waals surface area contributed by atoms with E-state index in [0.29, 0.717) is 12.5 Å². The summed E-state index contributed by atoms with van der Waals surface area (Å²) < 4.78 is 10.8. The molecule has 0 aliphatic carbocycles. The van der Waals surface area contributed by atoms with Gasteiger partial charge in [-0.1, -0.05) is 24.2 Å². The Balaban J connectivity index is 0.00000320. The summed E-state index contributed by atoms with van der Waals surface area (Å²) in [6.45, 7) is 5.13. The zero-order chi connectivity index (χ0) is 20.5. The molecule has 1 aromatic heterocycles. The summed E-state index contributed by atoms with van der Waals surface area (Å²) in [6.07, 6.45) is 3.33. The van der Waals surface area contributed by atoms with Crippen LogP contribution in [0.25, 0.3) is 11.5 Å². The molecule has 2 aromatic rings. The highest BCUT2D eigenvalue weighted by Crippen LogP contribution is 2.31. The molecule has 1 fully saturated rings. The fourth-order valence-corrected chi connectivity index (χ4v) is 3.46. The lowest BCUT2D eigenvalue weighted by molar-refractivity contribution is 0.127. The summed E-state index contributed by atoms with van der Waals surface area (Å²) in [5, 5.41) is 20.0. The van der Waals surface area contributed by atoms with Crippen molar-refractivity contribution >= 4 is 29.9 Å². The maximum atomic E-state index is 9.35. The molecule has 1 aliphatic heterocycles. The van der Waals surface area contributed by atoms with Crippen LogP contribution in [0.4, 0.5) is 0 Å². The lowest BCUT2D eigenvalue weighted by Gasteiger charge is -2.27. The number of aliphatic imine (C=N–C) groups is 1. The van der Waals surface area contributed by atoms with Crippen molar-refractivity contribution in [1.82, 2.24) is 20.8 Å². The zero-order valence-electron chi connectivity index (χ0n) is 17.7. The summed E-state index contributed by atoms with van der Waals surface area (Å²) in [4.78, 5) is 8.66. The normalized spacial score (nSPS) is 18.8. The van der Waals surface area contributed by atoms with E-state index in [-0.39, 0.29) is 36.0 Å². The van der Waals surface area contributed by atoms with Gasteiger partial charge in [-0.15, -0.1) is 24.0 Å². The van der Waals surface area contributed by atoms with E-state index in [1.807, 2.05) is 19.1 Å². The average Bonchev–Trinajstić information content (AvgIpc) is 3.41. The monoisotopic (exact) mass is 529 g/mol. The van der Waals surface area contributed by atoms with Crippen LogP contribution in [0, 0.1) is 5.41 Å². The third kappa shape index (κ3) is 6.64. The summed E-state index contributed by atoms with van der Waals surface area (Å²) in [5.41, 5.74) is 2.14. The molecule has 2 heterocycles. The second kappa shape index (κ2) is 12.2. The maximum absolute atomic E-state index is 9.35. The van der Waals surface area contributed by atoms with Crippen LogP contribution in [-0.2, 0) is 17.6 Å². The first-order valence-electron chi connectivity index (χ1n) is 10.2. The minimum absolute atomic E-state index is 0. The minimum Gasteiger partial charge on any atom is -0.396 e. The standard InChI is InChI=1S/C21H31N5O3.HI/c1-3-18-25-19(29-26-18)17-6-4-16(5-7-17)8-11-23-20(22-2)24-14-21(9-12-27)10-13-28-15-21;/h4-7,27H,3,8-15H2,1-2H3,(H2,22,23,24);1H. The van der Waals surface area contributed by atoms with E-state index in [1.54, 1.807) is 7.05 Å². The molecule has 3 N–H and O–H groups in total. The van der Waals surface area contributed by atoms with Crippen LogP contribution in [0.1, 0.15) is 31.2 Å². The van der Waals surface area contributed by atoms with Gasteiger partial charge in [0.25, 0.3) is 5.89 Å². The van der Waals surface area contributed by atoms with Gasteiger partial charge in [0.2, 0.25) is 0 Å². The third-order valence-corrected chi connectivity index (χ3v) is 5.37. The number of halogens is 1. The molecule has 1 saturated heterocycles. The van der Waals surface area contributed by atoms with Crippen LogP contribution in [0.3, 0.4) is 0 Å². The van der Waals surface area contributed by atoms with Crippen LogP contribution in [0.2, 0.25) is 0 Å². The van der Waals surface area contributed by atoms with Crippen LogP contribution >= 0.6 is 24.0 Å². The van der Waals surface area contributed by atoms with Crippen LogP contribution in [0.15, 0.2) is 33.8 Å². The predicted molar refractivity (Wildman–Crippen MR) is 127 cm³/mol. The van der Waals surface area contributed by atoms with Gasteiger partial charge >= 0.3 is 0 Å². The SMILES string of the molecule is CCc1noc(-c2ccc(CCNC(=NC)NCC3(CCO)CCOC3)cc2)n1.I. The van der Waals surface area contributed by atoms with Gasteiger partial charge in [-0.25, -0.2) is 0 Å². The van der Waals surface area contributed by atoms with Gasteiger partial charge in [-0.2, -0.15) is 4.98 Å². The van der Waals surface area contributed by atoms with E-state index in [9.17, 15) is 5.11 Å². The van der Waals surface area contributed by atoms with E-state index >= 15 is 0 Å². The summed E-state index contributed by atoms with van der Waals surface area (Å²) in [5.74, 6) is 2.05. The molecule has 0 bridgehead atoms. The number of aliphatic hydroxyl groups excluding tert-OH is 1. The smallest absolute Gasteiger partial charge is 0.257 e. The van der Waals surface area contributed by atoms with E-state index in [1.165, 1.54) is 5.56 Å². The quantitative estimate of drug-likeness (QED) is 0.260.